The number of imidazole rings is 1. The molecule has 1 fully saturated rings. The van der Waals surface area contributed by atoms with Crippen molar-refractivity contribution in [1.82, 2.24) is 25.5 Å². The topological polar surface area (TPSA) is 90.1 Å². The molecule has 0 radical (unpaired) electrons. The number of carbonyl (C=O) groups excluding carboxylic acids is 2. The Labute approximate surface area is 150 Å². The van der Waals surface area contributed by atoms with Crippen molar-refractivity contribution >= 4 is 23.2 Å². The number of likely N-dealkylation sites (tertiary alicyclic amines) is 1. The molecule has 134 valence electrons. The molecule has 3 heterocycles. The summed E-state index contributed by atoms with van der Waals surface area (Å²) >= 11 is 1.70. The number of thiophene rings is 1. The van der Waals surface area contributed by atoms with E-state index in [4.69, 9.17) is 0 Å². The van der Waals surface area contributed by atoms with E-state index in [1.54, 1.807) is 23.7 Å². The Balaban J connectivity index is 1.69. The van der Waals surface area contributed by atoms with Crippen LogP contribution in [0.15, 0.2) is 23.8 Å². The number of aromatic nitrogens is 2. The number of hydrogen-bond donors (Lipinski definition) is 3. The number of H-pyrrole nitrogens is 1. The van der Waals surface area contributed by atoms with E-state index in [1.165, 1.54) is 10.4 Å². The third-order valence-corrected chi connectivity index (χ3v) is 5.43. The predicted octanol–water partition coefficient (Wildman–Crippen LogP) is 1.29. The molecule has 25 heavy (non-hydrogen) atoms. The first-order valence-electron chi connectivity index (χ1n) is 8.43. The van der Waals surface area contributed by atoms with Gasteiger partial charge in [0.2, 0.25) is 5.91 Å². The number of hydrogen-bond acceptors (Lipinski definition) is 5. The molecule has 8 heteroatoms. The number of nitrogens with one attached hydrogen (secondary N) is 3. The van der Waals surface area contributed by atoms with Gasteiger partial charge in [0.15, 0.2) is 5.82 Å². The lowest BCUT2D eigenvalue weighted by molar-refractivity contribution is -0.125. The maximum absolute atomic E-state index is 12.4. The third kappa shape index (κ3) is 4.08. The van der Waals surface area contributed by atoms with Crippen LogP contribution in [0.2, 0.25) is 0 Å². The van der Waals surface area contributed by atoms with Crippen LogP contribution >= 0.6 is 11.3 Å². The summed E-state index contributed by atoms with van der Waals surface area (Å²) in [7, 11) is 0. The van der Waals surface area contributed by atoms with Gasteiger partial charge in [-0.25, -0.2) is 4.98 Å². The van der Waals surface area contributed by atoms with E-state index in [-0.39, 0.29) is 23.9 Å². The Morgan fingerprint density at radius 2 is 2.32 bits per heavy atom. The van der Waals surface area contributed by atoms with Gasteiger partial charge in [-0.3, -0.25) is 14.5 Å². The van der Waals surface area contributed by atoms with Crippen molar-refractivity contribution in [3.63, 3.8) is 0 Å². The molecule has 0 spiro atoms. The van der Waals surface area contributed by atoms with Gasteiger partial charge in [-0.2, -0.15) is 0 Å². The number of carbonyl (C=O) groups is 2. The number of rotatable bonds is 6. The molecule has 0 bridgehead atoms. The van der Waals surface area contributed by atoms with Crippen molar-refractivity contribution in [1.29, 1.82) is 0 Å². The van der Waals surface area contributed by atoms with Crippen LogP contribution in [0.25, 0.3) is 0 Å². The second-order valence-corrected chi connectivity index (χ2v) is 7.21. The quantitative estimate of drug-likeness (QED) is 0.723. The van der Waals surface area contributed by atoms with Gasteiger partial charge in [0.05, 0.1) is 6.04 Å². The highest BCUT2D eigenvalue weighted by Crippen LogP contribution is 2.25. The molecule has 0 unspecified atom stereocenters. The number of nitrogens with zero attached hydrogens (tertiary/aromatic N) is 2. The summed E-state index contributed by atoms with van der Waals surface area (Å²) < 4.78 is 0. The summed E-state index contributed by atoms with van der Waals surface area (Å²) in [5, 5.41) is 7.95. The Hall–Kier alpha value is -2.19. The first kappa shape index (κ1) is 17.6. The smallest absolute Gasteiger partial charge is 0.287 e. The molecule has 7 nitrogen and oxygen atoms in total. The normalized spacial score (nSPS) is 20.6. The van der Waals surface area contributed by atoms with E-state index in [2.05, 4.69) is 43.9 Å². The van der Waals surface area contributed by atoms with Crippen LogP contribution in [0.4, 0.5) is 0 Å². The maximum Gasteiger partial charge on any atom is 0.287 e. The van der Waals surface area contributed by atoms with Crippen LogP contribution in [0.3, 0.4) is 0 Å². The Bertz CT molecular complexity index is 727. The molecule has 3 rings (SSSR count). The summed E-state index contributed by atoms with van der Waals surface area (Å²) in [6.45, 7) is 5.96. The second-order valence-electron chi connectivity index (χ2n) is 6.21. The van der Waals surface area contributed by atoms with E-state index in [1.807, 2.05) is 6.92 Å². The molecular weight excluding hydrogens is 338 g/mol. The van der Waals surface area contributed by atoms with Gasteiger partial charge in [0.25, 0.3) is 5.91 Å². The summed E-state index contributed by atoms with van der Waals surface area (Å²) in [6, 6.07) is 1.78. The molecule has 0 saturated carbocycles. The molecule has 2 aromatic heterocycles. The summed E-state index contributed by atoms with van der Waals surface area (Å²) in [4.78, 5) is 34.9. The fourth-order valence-electron chi connectivity index (χ4n) is 3.14. The van der Waals surface area contributed by atoms with Crippen molar-refractivity contribution < 1.29 is 9.59 Å². The van der Waals surface area contributed by atoms with Gasteiger partial charge in [-0.05, 0) is 37.3 Å². The van der Waals surface area contributed by atoms with Gasteiger partial charge in [-0.1, -0.05) is 0 Å². The molecule has 2 aromatic rings. The molecule has 1 aliphatic heterocycles. The van der Waals surface area contributed by atoms with E-state index >= 15 is 0 Å². The van der Waals surface area contributed by atoms with Crippen LogP contribution < -0.4 is 10.6 Å². The average Bonchev–Trinajstić information content (AvgIpc) is 3.30. The van der Waals surface area contributed by atoms with Gasteiger partial charge in [0, 0.05) is 42.9 Å². The lowest BCUT2D eigenvalue weighted by Crippen LogP contribution is -2.42. The SMILES string of the molecule is CCNC(=O)[C@@H]1C[C@H](NC(=O)c2ncc[nH]2)CN1Cc1sccc1C. The lowest BCUT2D eigenvalue weighted by atomic mass is 10.1. The standard InChI is InChI=1S/C17H23N5O2S/c1-3-18-16(23)13-8-12(21-17(24)15-19-5-6-20-15)9-22(13)10-14-11(2)4-7-25-14/h4-7,12-13H,3,8-10H2,1-2H3,(H,18,23)(H,19,20)(H,21,24)/t12-,13-/m0/s1. The second kappa shape index (κ2) is 7.79. The summed E-state index contributed by atoms with van der Waals surface area (Å²) in [5.41, 5.74) is 1.24. The molecule has 1 aliphatic rings. The van der Waals surface area contributed by atoms with Gasteiger partial charge >= 0.3 is 0 Å². The molecule has 3 N–H and O–H groups in total. The zero-order chi connectivity index (χ0) is 17.8. The molecule has 0 aromatic carbocycles. The van der Waals surface area contributed by atoms with Crippen LogP contribution in [0, 0.1) is 6.92 Å². The van der Waals surface area contributed by atoms with Crippen molar-refractivity contribution in [3.8, 4) is 0 Å². The number of amides is 2. The molecule has 0 aliphatic carbocycles. The largest absolute Gasteiger partial charge is 0.355 e. The van der Waals surface area contributed by atoms with Crippen LogP contribution in [-0.4, -0.2) is 51.9 Å². The lowest BCUT2D eigenvalue weighted by Gasteiger charge is -2.23. The molecule has 2 amide bonds. The summed E-state index contributed by atoms with van der Waals surface area (Å²) in [5.74, 6) is 0.0763. The van der Waals surface area contributed by atoms with Crippen molar-refractivity contribution in [3.05, 3.63) is 40.1 Å². The first-order valence-corrected chi connectivity index (χ1v) is 9.31. The van der Waals surface area contributed by atoms with Crippen molar-refractivity contribution in [2.75, 3.05) is 13.1 Å². The van der Waals surface area contributed by atoms with Gasteiger partial charge in [-0.15, -0.1) is 11.3 Å². The van der Waals surface area contributed by atoms with Gasteiger partial charge < -0.3 is 15.6 Å². The van der Waals surface area contributed by atoms with Crippen LogP contribution in [0.5, 0.6) is 0 Å². The monoisotopic (exact) mass is 361 g/mol. The minimum Gasteiger partial charge on any atom is -0.355 e. The Morgan fingerprint density at radius 1 is 1.48 bits per heavy atom. The summed E-state index contributed by atoms with van der Waals surface area (Å²) in [6.07, 6.45) is 3.77. The van der Waals surface area contributed by atoms with E-state index in [0.29, 0.717) is 25.3 Å². The molecule has 1 saturated heterocycles. The fourth-order valence-corrected chi connectivity index (χ4v) is 4.07. The minimum atomic E-state index is -0.237. The number of aryl methyl sites for hydroxylation is 1. The highest BCUT2D eigenvalue weighted by atomic mass is 32.1. The Morgan fingerprint density at radius 3 is 2.96 bits per heavy atom. The Kier molecular flexibility index (Phi) is 5.50. The van der Waals surface area contributed by atoms with Crippen LogP contribution in [-0.2, 0) is 11.3 Å². The third-order valence-electron chi connectivity index (χ3n) is 4.42. The number of likely N-dealkylation sites (N-methyl/N-ethyl adjacent to an activating group) is 1. The zero-order valence-electron chi connectivity index (χ0n) is 14.4. The molecular formula is C17H23N5O2S. The van der Waals surface area contributed by atoms with Gasteiger partial charge in [0.1, 0.15) is 0 Å². The van der Waals surface area contributed by atoms with E-state index in [9.17, 15) is 9.59 Å². The first-order chi connectivity index (χ1) is 12.1. The minimum absolute atomic E-state index is 0.0199. The van der Waals surface area contributed by atoms with Crippen molar-refractivity contribution in [2.45, 2.75) is 38.9 Å². The average molecular weight is 361 g/mol. The number of aromatic amines is 1. The van der Waals surface area contributed by atoms with Crippen molar-refractivity contribution in [2.24, 2.45) is 0 Å². The van der Waals surface area contributed by atoms with Crippen LogP contribution in [0.1, 0.15) is 34.4 Å². The predicted molar refractivity (Wildman–Crippen MR) is 96.4 cm³/mol. The fraction of sp³-hybridized carbons (Fsp3) is 0.471. The van der Waals surface area contributed by atoms with E-state index in [0.717, 1.165) is 6.54 Å². The molecule has 2 atom stereocenters. The van der Waals surface area contributed by atoms with E-state index < -0.39 is 0 Å². The highest BCUT2D eigenvalue weighted by molar-refractivity contribution is 7.10. The highest BCUT2D eigenvalue weighted by Gasteiger charge is 2.37. The zero-order valence-corrected chi connectivity index (χ0v) is 15.2. The maximum atomic E-state index is 12.4.